The van der Waals surface area contributed by atoms with Crippen LogP contribution < -0.4 is 10.1 Å². The monoisotopic (exact) mass is 433 g/mol. The predicted octanol–water partition coefficient (Wildman–Crippen LogP) is 3.85. The maximum absolute atomic E-state index is 12.5. The van der Waals surface area contributed by atoms with Crippen LogP contribution in [-0.4, -0.2) is 42.7 Å². The molecule has 0 bridgehead atoms. The molecule has 162 valence electrons. The SMILES string of the molecule is C[C@H](CCOC(=O)CS)[C@H](OC(=O)Nc1ccccc1)c1cccc(OCCO)c1. The van der Waals surface area contributed by atoms with E-state index in [9.17, 15) is 9.59 Å². The predicted molar refractivity (Wildman–Crippen MR) is 117 cm³/mol. The minimum atomic E-state index is -0.596. The van der Waals surface area contributed by atoms with Gasteiger partial charge in [-0.1, -0.05) is 37.3 Å². The van der Waals surface area contributed by atoms with E-state index >= 15 is 0 Å². The highest BCUT2D eigenvalue weighted by Gasteiger charge is 2.24. The Balaban J connectivity index is 2.12. The fraction of sp³-hybridized carbons (Fsp3) is 0.364. The zero-order valence-corrected chi connectivity index (χ0v) is 17.7. The van der Waals surface area contributed by atoms with Gasteiger partial charge in [0.25, 0.3) is 0 Å². The van der Waals surface area contributed by atoms with Crippen LogP contribution in [0.5, 0.6) is 5.75 Å². The Morgan fingerprint density at radius 2 is 1.87 bits per heavy atom. The second kappa shape index (κ2) is 12.8. The number of amides is 1. The van der Waals surface area contributed by atoms with E-state index in [-0.39, 0.29) is 31.5 Å². The zero-order chi connectivity index (χ0) is 21.8. The van der Waals surface area contributed by atoms with Crippen molar-refractivity contribution < 1.29 is 28.9 Å². The van der Waals surface area contributed by atoms with Gasteiger partial charge < -0.3 is 19.3 Å². The first-order valence-electron chi connectivity index (χ1n) is 9.66. The van der Waals surface area contributed by atoms with Gasteiger partial charge in [-0.2, -0.15) is 12.6 Å². The van der Waals surface area contributed by atoms with Crippen LogP contribution in [0.15, 0.2) is 54.6 Å². The number of rotatable bonds is 11. The quantitative estimate of drug-likeness (QED) is 0.368. The number of benzene rings is 2. The molecular formula is C22H27NO6S. The van der Waals surface area contributed by atoms with Gasteiger partial charge in [0.15, 0.2) is 0 Å². The minimum absolute atomic E-state index is 0.0119. The van der Waals surface area contributed by atoms with E-state index in [4.69, 9.17) is 19.3 Å². The number of hydrogen-bond acceptors (Lipinski definition) is 7. The Hall–Kier alpha value is -2.71. The summed E-state index contributed by atoms with van der Waals surface area (Å²) < 4.78 is 16.3. The molecule has 0 unspecified atom stereocenters. The summed E-state index contributed by atoms with van der Waals surface area (Å²) in [6, 6.07) is 16.2. The van der Waals surface area contributed by atoms with E-state index in [0.717, 1.165) is 5.56 Å². The number of anilines is 1. The smallest absolute Gasteiger partial charge is 0.412 e. The highest BCUT2D eigenvalue weighted by Crippen LogP contribution is 2.31. The van der Waals surface area contributed by atoms with Gasteiger partial charge in [-0.15, -0.1) is 0 Å². The number of hydrogen-bond donors (Lipinski definition) is 3. The number of esters is 1. The van der Waals surface area contributed by atoms with Gasteiger partial charge in [0, 0.05) is 11.6 Å². The standard InChI is InChI=1S/C22H27NO6S/c1-16(10-12-28-20(25)15-30)21(17-6-5-9-19(14-17)27-13-11-24)29-22(26)23-18-7-3-2-4-8-18/h2-9,14,16,21,24,30H,10-13,15H2,1H3,(H,23,26)/t16-,21+/m1/s1. The molecule has 30 heavy (non-hydrogen) atoms. The zero-order valence-electron chi connectivity index (χ0n) is 16.8. The summed E-state index contributed by atoms with van der Waals surface area (Å²) in [5.41, 5.74) is 1.36. The Kier molecular flexibility index (Phi) is 10.0. The summed E-state index contributed by atoms with van der Waals surface area (Å²) >= 11 is 3.89. The number of carbonyl (C=O) groups excluding carboxylic acids is 2. The lowest BCUT2D eigenvalue weighted by atomic mass is 9.94. The van der Waals surface area contributed by atoms with Crippen molar-refractivity contribution in [2.45, 2.75) is 19.4 Å². The van der Waals surface area contributed by atoms with Gasteiger partial charge in [-0.3, -0.25) is 10.1 Å². The van der Waals surface area contributed by atoms with Gasteiger partial charge in [0.2, 0.25) is 0 Å². The third kappa shape index (κ3) is 7.96. The first-order valence-corrected chi connectivity index (χ1v) is 10.3. The van der Waals surface area contributed by atoms with Crippen LogP contribution in [0.25, 0.3) is 0 Å². The van der Waals surface area contributed by atoms with Gasteiger partial charge in [-0.25, -0.2) is 4.79 Å². The molecule has 7 nitrogen and oxygen atoms in total. The average Bonchev–Trinajstić information content (AvgIpc) is 2.76. The third-order valence-electron chi connectivity index (χ3n) is 4.28. The lowest BCUT2D eigenvalue weighted by Gasteiger charge is -2.25. The number of para-hydroxylation sites is 1. The molecule has 0 saturated heterocycles. The van der Waals surface area contributed by atoms with Crippen molar-refractivity contribution in [2.24, 2.45) is 5.92 Å². The largest absolute Gasteiger partial charge is 0.491 e. The summed E-state index contributed by atoms with van der Waals surface area (Å²) in [4.78, 5) is 23.8. The van der Waals surface area contributed by atoms with Gasteiger partial charge in [-0.05, 0) is 36.2 Å². The number of ether oxygens (including phenoxy) is 3. The molecule has 2 N–H and O–H groups in total. The molecule has 2 aromatic rings. The summed E-state index contributed by atoms with van der Waals surface area (Å²) in [5, 5.41) is 11.7. The van der Waals surface area contributed by atoms with Crippen LogP contribution in [0.4, 0.5) is 10.5 Å². The topological polar surface area (TPSA) is 94.1 Å². The number of thiol groups is 1. The molecule has 0 aliphatic heterocycles. The van der Waals surface area contributed by atoms with Crippen molar-refractivity contribution in [3.63, 3.8) is 0 Å². The fourth-order valence-corrected chi connectivity index (χ4v) is 2.89. The average molecular weight is 434 g/mol. The van der Waals surface area contributed by atoms with E-state index in [1.165, 1.54) is 0 Å². The van der Waals surface area contributed by atoms with Crippen LogP contribution in [-0.2, 0) is 14.3 Å². The van der Waals surface area contributed by atoms with Crippen molar-refractivity contribution in [2.75, 3.05) is 30.9 Å². The molecule has 8 heteroatoms. The van der Waals surface area contributed by atoms with Crippen molar-refractivity contribution in [1.82, 2.24) is 0 Å². The Bertz CT molecular complexity index is 801. The van der Waals surface area contributed by atoms with Crippen molar-refractivity contribution in [3.05, 3.63) is 60.2 Å². The molecule has 0 saturated carbocycles. The Morgan fingerprint density at radius 3 is 2.57 bits per heavy atom. The van der Waals surface area contributed by atoms with Gasteiger partial charge in [0.1, 0.15) is 18.5 Å². The molecular weight excluding hydrogens is 406 g/mol. The lowest BCUT2D eigenvalue weighted by Crippen LogP contribution is -2.23. The first-order chi connectivity index (χ1) is 14.5. The normalized spacial score (nSPS) is 12.5. The van der Waals surface area contributed by atoms with E-state index < -0.39 is 18.2 Å². The number of aliphatic hydroxyl groups excluding tert-OH is 1. The molecule has 0 aromatic heterocycles. The Morgan fingerprint density at radius 1 is 1.10 bits per heavy atom. The van der Waals surface area contributed by atoms with Crippen LogP contribution in [0.3, 0.4) is 0 Å². The summed E-state index contributed by atoms with van der Waals surface area (Å²) in [5.74, 6) is 0.0294. The molecule has 0 spiro atoms. The van der Waals surface area contributed by atoms with Crippen LogP contribution in [0, 0.1) is 5.92 Å². The molecule has 0 radical (unpaired) electrons. The highest BCUT2D eigenvalue weighted by atomic mass is 32.1. The first kappa shape index (κ1) is 23.6. The molecule has 1 amide bonds. The van der Waals surface area contributed by atoms with Crippen molar-refractivity contribution >= 4 is 30.4 Å². The maximum Gasteiger partial charge on any atom is 0.412 e. The van der Waals surface area contributed by atoms with E-state index in [1.54, 1.807) is 30.3 Å². The third-order valence-corrected chi connectivity index (χ3v) is 4.54. The van der Waals surface area contributed by atoms with Gasteiger partial charge in [0.05, 0.1) is 19.0 Å². The second-order valence-corrected chi connectivity index (χ2v) is 6.92. The highest BCUT2D eigenvalue weighted by molar-refractivity contribution is 7.81. The van der Waals surface area contributed by atoms with Gasteiger partial charge >= 0.3 is 12.1 Å². The number of carbonyl (C=O) groups is 2. The van der Waals surface area contributed by atoms with E-state index in [0.29, 0.717) is 17.9 Å². The van der Waals surface area contributed by atoms with E-state index in [1.807, 2.05) is 31.2 Å². The van der Waals surface area contributed by atoms with Crippen LogP contribution >= 0.6 is 12.6 Å². The molecule has 0 aliphatic carbocycles. The summed E-state index contributed by atoms with van der Waals surface area (Å²) in [6.07, 6.45) is -0.696. The minimum Gasteiger partial charge on any atom is -0.491 e. The van der Waals surface area contributed by atoms with Crippen LogP contribution in [0.1, 0.15) is 25.0 Å². The Labute approximate surface area is 181 Å². The maximum atomic E-state index is 12.5. The molecule has 2 rings (SSSR count). The number of aliphatic hydroxyl groups is 1. The molecule has 0 aliphatic rings. The number of nitrogens with one attached hydrogen (secondary N) is 1. The second-order valence-electron chi connectivity index (χ2n) is 6.61. The molecule has 0 fully saturated rings. The molecule has 2 aromatic carbocycles. The fourth-order valence-electron chi connectivity index (χ4n) is 2.80. The molecule has 2 atom stereocenters. The van der Waals surface area contributed by atoms with Crippen LogP contribution in [0.2, 0.25) is 0 Å². The van der Waals surface area contributed by atoms with Crippen molar-refractivity contribution in [3.8, 4) is 5.75 Å². The van der Waals surface area contributed by atoms with E-state index in [2.05, 4.69) is 17.9 Å². The summed E-state index contributed by atoms with van der Waals surface area (Å²) in [6.45, 7) is 2.17. The molecule has 0 heterocycles. The summed E-state index contributed by atoms with van der Waals surface area (Å²) in [7, 11) is 0. The van der Waals surface area contributed by atoms with Crippen molar-refractivity contribution in [1.29, 1.82) is 0 Å². The lowest BCUT2D eigenvalue weighted by molar-refractivity contribution is -0.141.